The summed E-state index contributed by atoms with van der Waals surface area (Å²) < 4.78 is 0. The van der Waals surface area contributed by atoms with Gasteiger partial charge in [-0.05, 0) is 58.4 Å². The first-order valence-electron chi connectivity index (χ1n) is 9.27. The van der Waals surface area contributed by atoms with Gasteiger partial charge in [-0.1, -0.05) is 20.8 Å². The van der Waals surface area contributed by atoms with Crippen molar-refractivity contribution in [2.75, 3.05) is 45.8 Å². The van der Waals surface area contributed by atoms with E-state index in [1.807, 2.05) is 6.92 Å². The van der Waals surface area contributed by atoms with Crippen LogP contribution in [0.3, 0.4) is 0 Å². The average Bonchev–Trinajstić information content (AvgIpc) is 2.56. The molecular formula is C17H38N6O. The van der Waals surface area contributed by atoms with E-state index >= 15 is 0 Å². The molecule has 0 aliphatic carbocycles. The van der Waals surface area contributed by atoms with Crippen LogP contribution in [0.15, 0.2) is 4.99 Å². The highest BCUT2D eigenvalue weighted by Gasteiger charge is 2.11. The number of amides is 1. The third kappa shape index (κ3) is 13.1. The second kappa shape index (κ2) is 15.2. The van der Waals surface area contributed by atoms with E-state index in [1.165, 1.54) is 6.42 Å². The molecule has 0 aromatic rings. The summed E-state index contributed by atoms with van der Waals surface area (Å²) in [7, 11) is 0. The van der Waals surface area contributed by atoms with Crippen LogP contribution in [0.2, 0.25) is 0 Å². The smallest absolute Gasteiger partial charge is 0.222 e. The first-order chi connectivity index (χ1) is 11.5. The Morgan fingerprint density at radius 1 is 1.08 bits per heavy atom. The zero-order valence-corrected chi connectivity index (χ0v) is 15.8. The van der Waals surface area contributed by atoms with Gasteiger partial charge < -0.3 is 27.0 Å². The van der Waals surface area contributed by atoms with Crippen LogP contribution in [0.4, 0.5) is 0 Å². The molecule has 1 unspecified atom stereocenters. The summed E-state index contributed by atoms with van der Waals surface area (Å²) in [5.74, 6) is 0.221. The molecule has 0 aliphatic rings. The van der Waals surface area contributed by atoms with Crippen molar-refractivity contribution in [1.29, 1.82) is 0 Å². The lowest BCUT2D eigenvalue weighted by atomic mass is 10.0. The highest BCUT2D eigenvalue weighted by molar-refractivity contribution is 5.78. The highest BCUT2D eigenvalue weighted by Crippen LogP contribution is 2.05. The Morgan fingerprint density at radius 3 is 2.38 bits per heavy atom. The van der Waals surface area contributed by atoms with Crippen LogP contribution in [0.5, 0.6) is 0 Å². The van der Waals surface area contributed by atoms with E-state index in [4.69, 9.17) is 11.5 Å². The summed E-state index contributed by atoms with van der Waals surface area (Å²) in [5, 5.41) is 6.42. The Bertz CT molecular complexity index is 340. The van der Waals surface area contributed by atoms with Gasteiger partial charge in [0.15, 0.2) is 5.96 Å². The molecule has 6 N–H and O–H groups in total. The molecular weight excluding hydrogens is 304 g/mol. The van der Waals surface area contributed by atoms with Crippen molar-refractivity contribution in [3.63, 3.8) is 0 Å². The zero-order valence-electron chi connectivity index (χ0n) is 15.8. The minimum absolute atomic E-state index is 0.00114. The Labute approximate surface area is 147 Å². The molecule has 1 amide bonds. The van der Waals surface area contributed by atoms with Gasteiger partial charge in [0.05, 0.1) is 0 Å². The van der Waals surface area contributed by atoms with Crippen molar-refractivity contribution in [2.24, 2.45) is 22.4 Å². The van der Waals surface area contributed by atoms with Crippen LogP contribution in [-0.4, -0.2) is 62.6 Å². The van der Waals surface area contributed by atoms with Gasteiger partial charge in [-0.3, -0.25) is 9.79 Å². The fourth-order valence-electron chi connectivity index (χ4n) is 2.43. The summed E-state index contributed by atoms with van der Waals surface area (Å²) in [4.78, 5) is 18.3. The Balaban J connectivity index is 3.49. The molecule has 0 heterocycles. The molecule has 0 radical (unpaired) electrons. The fraction of sp³-hybridized carbons (Fsp3) is 0.882. The number of aliphatic imine (C=N–C) groups is 1. The summed E-state index contributed by atoms with van der Waals surface area (Å²) in [6, 6.07) is 0. The van der Waals surface area contributed by atoms with E-state index in [2.05, 4.69) is 34.4 Å². The zero-order chi connectivity index (χ0) is 18.2. The Kier molecular flexibility index (Phi) is 14.4. The van der Waals surface area contributed by atoms with Gasteiger partial charge in [-0.15, -0.1) is 0 Å². The van der Waals surface area contributed by atoms with Gasteiger partial charge in [0.2, 0.25) is 5.91 Å². The quantitative estimate of drug-likeness (QED) is 0.197. The predicted molar refractivity (Wildman–Crippen MR) is 102 cm³/mol. The highest BCUT2D eigenvalue weighted by atomic mass is 16.1. The van der Waals surface area contributed by atoms with Crippen molar-refractivity contribution >= 4 is 11.9 Å². The second-order valence-electron chi connectivity index (χ2n) is 6.12. The molecule has 7 heteroatoms. The number of hydrogen-bond donors (Lipinski definition) is 4. The van der Waals surface area contributed by atoms with Crippen molar-refractivity contribution in [1.82, 2.24) is 15.5 Å². The molecule has 0 spiro atoms. The second-order valence-corrected chi connectivity index (χ2v) is 6.12. The topological polar surface area (TPSA) is 109 Å². The van der Waals surface area contributed by atoms with Crippen LogP contribution in [0, 0.1) is 5.92 Å². The van der Waals surface area contributed by atoms with Crippen LogP contribution < -0.4 is 22.1 Å². The first kappa shape index (κ1) is 22.7. The summed E-state index contributed by atoms with van der Waals surface area (Å²) in [6.45, 7) is 13.0. The molecule has 0 saturated heterocycles. The minimum Gasteiger partial charge on any atom is -0.370 e. The lowest BCUT2D eigenvalue weighted by molar-refractivity contribution is -0.124. The van der Waals surface area contributed by atoms with Gasteiger partial charge in [0, 0.05) is 19.0 Å². The maximum atomic E-state index is 11.9. The van der Waals surface area contributed by atoms with Gasteiger partial charge in [-0.2, -0.15) is 0 Å². The third-order valence-electron chi connectivity index (χ3n) is 4.09. The van der Waals surface area contributed by atoms with E-state index in [-0.39, 0.29) is 17.8 Å². The van der Waals surface area contributed by atoms with Gasteiger partial charge >= 0.3 is 0 Å². The summed E-state index contributed by atoms with van der Waals surface area (Å²) in [6.07, 6.45) is 3.74. The molecule has 0 fully saturated rings. The number of carbonyl (C=O) groups excluding carboxylic acids is 1. The number of nitrogens with zero attached hydrogens (tertiary/aromatic N) is 2. The van der Waals surface area contributed by atoms with Gasteiger partial charge in [-0.25, -0.2) is 0 Å². The van der Waals surface area contributed by atoms with Crippen molar-refractivity contribution in [2.45, 2.75) is 46.5 Å². The minimum atomic E-state index is 0.00114. The van der Waals surface area contributed by atoms with E-state index in [0.29, 0.717) is 6.54 Å². The number of carbonyl (C=O) groups is 1. The molecule has 142 valence electrons. The van der Waals surface area contributed by atoms with Crippen LogP contribution in [0.25, 0.3) is 0 Å². The maximum Gasteiger partial charge on any atom is 0.222 e. The number of rotatable bonds is 15. The van der Waals surface area contributed by atoms with E-state index in [9.17, 15) is 4.79 Å². The lowest BCUT2D eigenvalue weighted by Crippen LogP contribution is -2.32. The molecule has 0 aromatic carbocycles. The lowest BCUT2D eigenvalue weighted by Gasteiger charge is -2.17. The Morgan fingerprint density at radius 2 is 1.75 bits per heavy atom. The van der Waals surface area contributed by atoms with Crippen LogP contribution >= 0.6 is 0 Å². The molecule has 7 nitrogen and oxygen atoms in total. The summed E-state index contributed by atoms with van der Waals surface area (Å²) in [5.41, 5.74) is 10.5. The summed E-state index contributed by atoms with van der Waals surface area (Å²) >= 11 is 0. The Hall–Kier alpha value is -1.34. The molecule has 0 rings (SSSR count). The molecule has 1 atom stereocenters. The van der Waals surface area contributed by atoms with Crippen molar-refractivity contribution in [3.05, 3.63) is 0 Å². The largest absolute Gasteiger partial charge is 0.370 e. The van der Waals surface area contributed by atoms with Crippen LogP contribution in [-0.2, 0) is 4.79 Å². The monoisotopic (exact) mass is 342 g/mol. The SMILES string of the molecule is CCN(CC)CCCNCCCNC(=O)C(C)CCCN=C(N)N. The number of nitrogens with one attached hydrogen (secondary N) is 2. The number of nitrogens with two attached hydrogens (primary N) is 2. The standard InChI is InChI=1S/C17H38N6O/c1-4-23(5-2)14-8-11-20-10-7-13-21-16(24)15(3)9-6-12-22-17(18)19/h15,20H,4-14H2,1-3H3,(H,21,24)(H4,18,19,22). The maximum absolute atomic E-state index is 11.9. The molecule has 0 aromatic heterocycles. The van der Waals surface area contributed by atoms with Gasteiger partial charge in [0.1, 0.15) is 0 Å². The van der Waals surface area contributed by atoms with Crippen LogP contribution in [0.1, 0.15) is 46.5 Å². The van der Waals surface area contributed by atoms with E-state index < -0.39 is 0 Å². The number of hydrogen-bond acceptors (Lipinski definition) is 4. The molecule has 0 aliphatic heterocycles. The van der Waals surface area contributed by atoms with Crippen molar-refractivity contribution in [3.8, 4) is 0 Å². The molecule has 0 bridgehead atoms. The average molecular weight is 343 g/mol. The third-order valence-corrected chi connectivity index (χ3v) is 4.09. The van der Waals surface area contributed by atoms with Gasteiger partial charge in [0.25, 0.3) is 0 Å². The predicted octanol–water partition coefficient (Wildman–Crippen LogP) is 0.504. The van der Waals surface area contributed by atoms with E-state index in [1.54, 1.807) is 0 Å². The molecule has 24 heavy (non-hydrogen) atoms. The van der Waals surface area contributed by atoms with Crippen molar-refractivity contribution < 1.29 is 4.79 Å². The first-order valence-corrected chi connectivity index (χ1v) is 9.27. The number of guanidine groups is 1. The normalized spacial score (nSPS) is 12.2. The molecule has 0 saturated carbocycles. The fourth-order valence-corrected chi connectivity index (χ4v) is 2.43. The van der Waals surface area contributed by atoms with E-state index in [0.717, 1.165) is 58.5 Å².